The van der Waals surface area contributed by atoms with E-state index in [2.05, 4.69) is 14.8 Å². The first-order chi connectivity index (χ1) is 3.77. The molecule has 0 bridgehead atoms. The van der Waals surface area contributed by atoms with Crippen LogP contribution in [0.25, 0.3) is 0 Å². The lowest BCUT2D eigenvalue weighted by atomic mass is 10.6. The molecule has 0 N–H and O–H groups in total. The van der Waals surface area contributed by atoms with Gasteiger partial charge in [-0.3, -0.25) is 0 Å². The Morgan fingerprint density at radius 1 is 1.38 bits per heavy atom. The minimum atomic E-state index is -1.09. The molecule has 0 amide bonds. The number of hydrogen-bond donors (Lipinski definition) is 0. The van der Waals surface area contributed by atoms with E-state index in [4.69, 9.17) is 4.18 Å². The molecule has 1 aliphatic rings. The molecule has 0 unspecified atom stereocenters. The molecule has 1 rings (SSSR count). The van der Waals surface area contributed by atoms with Crippen LogP contribution >= 0.6 is 23.6 Å². The lowest BCUT2D eigenvalue weighted by Crippen LogP contribution is -1.78. The summed E-state index contributed by atoms with van der Waals surface area (Å²) in [5.41, 5.74) is 0. The van der Waals surface area contributed by atoms with Crippen molar-refractivity contribution >= 4 is 23.6 Å². The van der Waals surface area contributed by atoms with Gasteiger partial charge in [-0.15, -0.1) is 0 Å². The molecule has 0 aromatic carbocycles. The first-order valence-corrected chi connectivity index (χ1v) is 5.73. The van der Waals surface area contributed by atoms with Crippen LogP contribution in [0.5, 0.6) is 0 Å². The Balaban J connectivity index is 2.69. The van der Waals surface area contributed by atoms with E-state index in [0.717, 1.165) is 0 Å². The van der Waals surface area contributed by atoms with E-state index in [9.17, 15) is 0 Å². The molecule has 0 spiro atoms. The second-order valence-electron chi connectivity index (χ2n) is 1.39. The molecule has 46 valence electrons. The van der Waals surface area contributed by atoms with E-state index in [0.29, 0.717) is 0 Å². The Hall–Kier alpha value is 0.270. The lowest BCUT2D eigenvalue weighted by molar-refractivity contribution is 0.485. The predicted octanol–water partition coefficient (Wildman–Crippen LogP) is 2.70. The molecule has 0 aromatic rings. The standard InChI is InChI=1S/C5H7BrOS/c1-7-8(6)4-2-3-5-8/h2-5H,1H3. The van der Waals surface area contributed by atoms with Gasteiger partial charge in [0.15, 0.2) is 0 Å². The van der Waals surface area contributed by atoms with Crippen LogP contribution in [0.15, 0.2) is 23.0 Å². The minimum absolute atomic E-state index is 1.09. The summed E-state index contributed by atoms with van der Waals surface area (Å²) in [6, 6.07) is 0. The highest BCUT2D eigenvalue weighted by atomic mass is 79.9. The molecule has 0 radical (unpaired) electrons. The number of hydrogen-bond acceptors (Lipinski definition) is 1. The van der Waals surface area contributed by atoms with Gasteiger partial charge in [0, 0.05) is 21.9 Å². The van der Waals surface area contributed by atoms with Crippen LogP contribution < -0.4 is 0 Å². The summed E-state index contributed by atoms with van der Waals surface area (Å²) >= 11 is 3.43. The zero-order valence-electron chi connectivity index (χ0n) is 4.50. The molecule has 1 aliphatic heterocycles. The molecule has 8 heavy (non-hydrogen) atoms. The maximum absolute atomic E-state index is 5.12. The molecule has 0 fully saturated rings. The molecule has 0 aliphatic carbocycles. The monoisotopic (exact) mass is 194 g/mol. The van der Waals surface area contributed by atoms with E-state index >= 15 is 0 Å². The van der Waals surface area contributed by atoms with Crippen LogP contribution in [-0.4, -0.2) is 7.11 Å². The summed E-state index contributed by atoms with van der Waals surface area (Å²) in [6.45, 7) is 0. The predicted molar refractivity (Wildman–Crippen MR) is 41.8 cm³/mol. The zero-order valence-corrected chi connectivity index (χ0v) is 6.91. The van der Waals surface area contributed by atoms with Crippen LogP contribution in [0, 0.1) is 0 Å². The fourth-order valence-electron chi connectivity index (χ4n) is 0.461. The maximum Gasteiger partial charge on any atom is 0.0500 e. The third-order valence-corrected chi connectivity index (χ3v) is 4.55. The quantitative estimate of drug-likeness (QED) is 0.625. The Kier molecular flexibility index (Phi) is 1.80. The highest BCUT2D eigenvalue weighted by molar-refractivity contribution is 9.58. The van der Waals surface area contributed by atoms with E-state index in [1.54, 1.807) is 7.11 Å². The molecule has 0 saturated heterocycles. The molecule has 1 nitrogen and oxygen atoms in total. The second kappa shape index (κ2) is 2.25. The fourth-order valence-corrected chi connectivity index (χ4v) is 2.13. The van der Waals surface area contributed by atoms with Crippen LogP contribution in [0.1, 0.15) is 0 Å². The van der Waals surface area contributed by atoms with Crippen molar-refractivity contribution in [3.05, 3.63) is 23.0 Å². The van der Waals surface area contributed by atoms with E-state index in [1.807, 2.05) is 23.0 Å². The van der Waals surface area contributed by atoms with Gasteiger partial charge in [0.2, 0.25) is 0 Å². The summed E-state index contributed by atoms with van der Waals surface area (Å²) in [4.78, 5) is 0. The van der Waals surface area contributed by atoms with Gasteiger partial charge >= 0.3 is 0 Å². The molecule has 1 heterocycles. The van der Waals surface area contributed by atoms with Gasteiger partial charge in [-0.2, -0.15) is 0 Å². The summed E-state index contributed by atoms with van der Waals surface area (Å²) in [5.74, 6) is 0. The van der Waals surface area contributed by atoms with Crippen LogP contribution in [0.2, 0.25) is 0 Å². The van der Waals surface area contributed by atoms with Crippen molar-refractivity contribution in [3.63, 3.8) is 0 Å². The van der Waals surface area contributed by atoms with Crippen molar-refractivity contribution in [2.24, 2.45) is 0 Å². The van der Waals surface area contributed by atoms with Crippen molar-refractivity contribution in [1.82, 2.24) is 0 Å². The van der Waals surface area contributed by atoms with Crippen molar-refractivity contribution < 1.29 is 4.18 Å². The third kappa shape index (κ3) is 1.16. The first kappa shape index (κ1) is 6.39. The highest BCUT2D eigenvalue weighted by Crippen LogP contribution is 2.60. The highest BCUT2D eigenvalue weighted by Gasteiger charge is 2.12. The average molecular weight is 195 g/mol. The molecular weight excluding hydrogens is 188 g/mol. The van der Waals surface area contributed by atoms with Gasteiger partial charge in [0.25, 0.3) is 0 Å². The van der Waals surface area contributed by atoms with Gasteiger partial charge in [-0.05, 0) is 19.6 Å². The van der Waals surface area contributed by atoms with Crippen molar-refractivity contribution in [2.45, 2.75) is 0 Å². The summed E-state index contributed by atoms with van der Waals surface area (Å²) in [7, 11) is 0.608. The topological polar surface area (TPSA) is 9.23 Å². The fraction of sp³-hybridized carbons (Fsp3) is 0.200. The van der Waals surface area contributed by atoms with Crippen LogP contribution in [0.4, 0.5) is 0 Å². The first-order valence-electron chi connectivity index (χ1n) is 2.20. The maximum atomic E-state index is 5.12. The van der Waals surface area contributed by atoms with Gasteiger partial charge in [-0.25, -0.2) is 0 Å². The van der Waals surface area contributed by atoms with Gasteiger partial charge in [-0.1, -0.05) is 12.2 Å². The number of allylic oxidation sites excluding steroid dienone is 2. The minimum Gasteiger partial charge on any atom is -0.322 e. The normalized spacial score (nSPS) is 26.2. The van der Waals surface area contributed by atoms with Crippen molar-refractivity contribution in [2.75, 3.05) is 7.11 Å². The van der Waals surface area contributed by atoms with E-state index < -0.39 is 8.74 Å². The summed E-state index contributed by atoms with van der Waals surface area (Å²) in [5, 5.41) is 4.04. The SMILES string of the molecule is COS1(Br)C=CC=C1. The summed E-state index contributed by atoms with van der Waals surface area (Å²) in [6.07, 6.45) is 3.96. The van der Waals surface area contributed by atoms with Crippen LogP contribution in [0.3, 0.4) is 0 Å². The van der Waals surface area contributed by atoms with Gasteiger partial charge in [0.1, 0.15) is 0 Å². The number of rotatable bonds is 1. The molecule has 3 heteroatoms. The van der Waals surface area contributed by atoms with Crippen molar-refractivity contribution in [3.8, 4) is 0 Å². The lowest BCUT2D eigenvalue weighted by Gasteiger charge is -2.19. The van der Waals surface area contributed by atoms with Crippen LogP contribution in [-0.2, 0) is 4.18 Å². The number of halogens is 1. The largest absolute Gasteiger partial charge is 0.322 e. The summed E-state index contributed by atoms with van der Waals surface area (Å²) < 4.78 is 5.12. The van der Waals surface area contributed by atoms with Gasteiger partial charge in [0.05, 0.1) is 0 Å². The van der Waals surface area contributed by atoms with E-state index in [1.165, 1.54) is 0 Å². The van der Waals surface area contributed by atoms with E-state index in [-0.39, 0.29) is 0 Å². The molecule has 0 saturated carbocycles. The molecule has 0 aromatic heterocycles. The Labute approximate surface area is 58.1 Å². The average Bonchev–Trinajstić information content (AvgIpc) is 2.17. The second-order valence-corrected chi connectivity index (χ2v) is 6.45. The Bertz CT molecular complexity index is 129. The zero-order chi connectivity index (χ0) is 6.04. The smallest absolute Gasteiger partial charge is 0.0500 e. The Morgan fingerprint density at radius 3 is 2.12 bits per heavy atom. The molecular formula is C5H7BrOS. The van der Waals surface area contributed by atoms with Crippen molar-refractivity contribution in [1.29, 1.82) is 0 Å². The molecule has 0 atom stereocenters. The Morgan fingerprint density at radius 2 is 1.88 bits per heavy atom. The third-order valence-electron chi connectivity index (χ3n) is 0.895. The van der Waals surface area contributed by atoms with Gasteiger partial charge < -0.3 is 4.18 Å².